The normalized spacial score (nSPS) is 38.8. The molecule has 404 valence electrons. The van der Waals surface area contributed by atoms with Crippen LogP contribution >= 0.6 is 0 Å². The number of aliphatic hydroxyl groups excluding tert-OH is 1. The van der Waals surface area contributed by atoms with E-state index in [-0.39, 0.29) is 49.7 Å². The summed E-state index contributed by atoms with van der Waals surface area (Å²) in [5.74, 6) is -11.0. The standard InChI is InChI=1S/C48H72F9NO12/c1-11-30(40(62)63)32-15-14-24(4)38(67-32)28(8)36(60)27(7)37(61)31(12-2)39-25(5)22-26(6)43(68-39)19-16-33(58-35(59)23-65-45(46(49,50)51,47(52,53)54)48(55,56)57)44(70-43)21-20-41(10,69-44)34-17-18-42(64,13-3)29(9)66-34/h16,19,24-34,36,38-39,60,64H,11-15,17-18,20-23H2,1-10H3,(H,58,59)(H,62,63)/t24-,25-,26+,27-,28-,29-,30+,31-,32+,33-,34+,36+,38+,39-,41-,42+,43-,44-/m0/s1. The summed E-state index contributed by atoms with van der Waals surface area (Å²) < 4.78 is 160. The molecule has 4 N–H and O–H groups in total. The Hall–Kier alpha value is -2.60. The van der Waals surface area contributed by atoms with Gasteiger partial charge in [-0.25, -0.2) is 0 Å². The molecule has 0 aromatic rings. The van der Waals surface area contributed by atoms with Crippen molar-refractivity contribution in [3.05, 3.63) is 12.2 Å². The Bertz CT molecular complexity index is 1850. The van der Waals surface area contributed by atoms with Crippen molar-refractivity contribution >= 4 is 17.7 Å². The highest BCUT2D eigenvalue weighted by Crippen LogP contribution is 2.56. The molecule has 1 amide bonds. The van der Waals surface area contributed by atoms with Gasteiger partial charge < -0.3 is 49.1 Å². The number of alkyl halides is 9. The molecule has 0 bridgehead atoms. The fourth-order valence-corrected chi connectivity index (χ4v) is 11.8. The summed E-state index contributed by atoms with van der Waals surface area (Å²) in [7, 11) is 0. The van der Waals surface area contributed by atoms with Crippen molar-refractivity contribution in [2.45, 2.75) is 223 Å². The summed E-state index contributed by atoms with van der Waals surface area (Å²) in [6, 6.07) is -1.58. The highest BCUT2D eigenvalue weighted by molar-refractivity contribution is 5.84. The molecule has 5 aliphatic rings. The number of rotatable bonds is 16. The maximum Gasteiger partial charge on any atom is 0.435 e. The molecule has 0 aliphatic carbocycles. The van der Waals surface area contributed by atoms with Crippen LogP contribution in [0.1, 0.15) is 133 Å². The number of carboxylic acid groups (broad SMARTS) is 1. The minimum absolute atomic E-state index is 0.0521. The predicted molar refractivity (Wildman–Crippen MR) is 231 cm³/mol. The maximum absolute atomic E-state index is 14.6. The monoisotopic (exact) mass is 1030 g/mol. The number of hydrogen-bond donors (Lipinski definition) is 4. The van der Waals surface area contributed by atoms with Crippen LogP contribution in [0.3, 0.4) is 0 Å². The molecular weight excluding hydrogens is 954 g/mol. The lowest BCUT2D eigenvalue weighted by atomic mass is 9.72. The van der Waals surface area contributed by atoms with Crippen molar-refractivity contribution in [2.24, 2.45) is 41.4 Å². The first-order chi connectivity index (χ1) is 32.1. The van der Waals surface area contributed by atoms with Gasteiger partial charge in [0, 0.05) is 30.1 Å². The van der Waals surface area contributed by atoms with Gasteiger partial charge in [-0.1, -0.05) is 61.5 Å². The fourth-order valence-electron chi connectivity index (χ4n) is 11.8. The molecule has 70 heavy (non-hydrogen) atoms. The number of hydrogen-bond acceptors (Lipinski definition) is 11. The Balaban J connectivity index is 1.45. The van der Waals surface area contributed by atoms with E-state index in [1.807, 2.05) is 13.8 Å². The molecule has 13 nitrogen and oxygen atoms in total. The molecule has 0 aromatic heterocycles. The Morgan fingerprint density at radius 1 is 0.814 bits per heavy atom. The molecule has 0 saturated carbocycles. The molecule has 18 atom stereocenters. The molecule has 0 unspecified atom stereocenters. The third-order valence-corrected chi connectivity index (χ3v) is 16.4. The van der Waals surface area contributed by atoms with Gasteiger partial charge in [-0.15, -0.1) is 0 Å². The molecule has 2 spiro atoms. The van der Waals surface area contributed by atoms with Gasteiger partial charge in [-0.3, -0.25) is 14.4 Å². The van der Waals surface area contributed by atoms with Gasteiger partial charge >= 0.3 is 30.1 Å². The third-order valence-electron chi connectivity index (χ3n) is 16.4. The van der Waals surface area contributed by atoms with Crippen molar-refractivity contribution in [2.75, 3.05) is 6.61 Å². The van der Waals surface area contributed by atoms with E-state index in [2.05, 4.69) is 10.1 Å². The summed E-state index contributed by atoms with van der Waals surface area (Å²) in [6.07, 6.45) is -20.2. The van der Waals surface area contributed by atoms with Crippen LogP contribution in [0.4, 0.5) is 39.5 Å². The average molecular weight is 1030 g/mol. The topological polar surface area (TPSA) is 179 Å². The van der Waals surface area contributed by atoms with Crippen LogP contribution in [0.5, 0.6) is 0 Å². The summed E-state index contributed by atoms with van der Waals surface area (Å²) >= 11 is 0. The van der Waals surface area contributed by atoms with E-state index in [1.54, 1.807) is 55.4 Å². The minimum Gasteiger partial charge on any atom is -0.481 e. The summed E-state index contributed by atoms with van der Waals surface area (Å²) in [5, 5.41) is 35.0. The minimum atomic E-state index is -7.08. The molecule has 5 heterocycles. The quantitative estimate of drug-likeness (QED) is 0.0855. The smallest absolute Gasteiger partial charge is 0.435 e. The zero-order chi connectivity index (χ0) is 53.0. The Morgan fingerprint density at radius 2 is 1.41 bits per heavy atom. The van der Waals surface area contributed by atoms with Gasteiger partial charge in [0.25, 0.3) is 0 Å². The van der Waals surface area contributed by atoms with Crippen LogP contribution in [0.25, 0.3) is 0 Å². The zero-order valence-corrected chi connectivity index (χ0v) is 41.4. The zero-order valence-electron chi connectivity index (χ0n) is 41.4. The number of amides is 1. The van der Waals surface area contributed by atoms with Gasteiger partial charge in [-0.2, -0.15) is 39.5 Å². The number of aliphatic hydroxyl groups is 2. The molecule has 0 aromatic carbocycles. The number of ketones is 1. The molecule has 22 heteroatoms. The SMILES string of the molecule is CC[C@@H](C(=O)[C@@H](C)[C@@H](O)[C@H](C)[C@@H]1O[C@@H]([C@@H](CC)C(=O)O)CC[C@@H]1C)[C@H]1O[C@]2(C=C[C@H](NC(=O)COC(C(F)(F)F)(C(F)(F)F)C(F)(F)F)[C@]3(CC[C@@](C)([C@H]4CC[C@](O)(CC)[C@H](C)O4)O3)O2)[C@H](C)C[C@@H]1C. The molecule has 5 aliphatic heterocycles. The second-order valence-corrected chi connectivity index (χ2v) is 21.0. The second kappa shape index (κ2) is 21.0. The number of halogens is 9. The van der Waals surface area contributed by atoms with E-state index in [4.69, 9.17) is 23.7 Å². The highest BCUT2D eigenvalue weighted by atomic mass is 19.4. The van der Waals surface area contributed by atoms with E-state index in [0.717, 1.165) is 0 Å². The molecule has 5 rings (SSSR count). The number of carbonyl (C=O) groups excluding carboxylic acids is 2. The first-order valence-electron chi connectivity index (χ1n) is 24.5. The second-order valence-electron chi connectivity index (χ2n) is 21.0. The van der Waals surface area contributed by atoms with Crippen LogP contribution in [0.15, 0.2) is 12.2 Å². The Labute approximate surface area is 403 Å². The van der Waals surface area contributed by atoms with Crippen molar-refractivity contribution in [1.29, 1.82) is 0 Å². The lowest BCUT2D eigenvalue weighted by Crippen LogP contribution is -2.69. The number of aliphatic carboxylic acids is 1. The number of carboxylic acids is 1. The summed E-state index contributed by atoms with van der Waals surface area (Å²) in [5.41, 5.74) is -9.16. The van der Waals surface area contributed by atoms with Crippen molar-refractivity contribution in [3.8, 4) is 0 Å². The van der Waals surface area contributed by atoms with Crippen LogP contribution in [-0.4, -0.2) is 129 Å². The molecule has 4 fully saturated rings. The van der Waals surface area contributed by atoms with Crippen molar-refractivity contribution < 1.29 is 97.6 Å². The lowest BCUT2D eigenvalue weighted by molar-refractivity contribution is -0.455. The largest absolute Gasteiger partial charge is 0.481 e. The lowest BCUT2D eigenvalue weighted by Gasteiger charge is -2.55. The van der Waals surface area contributed by atoms with E-state index in [0.29, 0.717) is 32.1 Å². The van der Waals surface area contributed by atoms with Crippen LogP contribution < -0.4 is 5.32 Å². The molecule has 4 saturated heterocycles. The van der Waals surface area contributed by atoms with Gasteiger partial charge in [0.05, 0.1) is 53.7 Å². The van der Waals surface area contributed by atoms with E-state index in [1.165, 1.54) is 12.2 Å². The average Bonchev–Trinajstić information content (AvgIpc) is 3.60. The van der Waals surface area contributed by atoms with E-state index in [9.17, 15) is 69.2 Å². The molecule has 0 radical (unpaired) electrons. The number of nitrogens with one attached hydrogen (secondary N) is 1. The highest BCUT2D eigenvalue weighted by Gasteiger charge is 2.85. The van der Waals surface area contributed by atoms with Crippen LogP contribution in [0.2, 0.25) is 0 Å². The maximum atomic E-state index is 14.6. The number of ether oxygens (including phenoxy) is 6. The van der Waals surface area contributed by atoms with Crippen LogP contribution in [-0.2, 0) is 42.8 Å². The first kappa shape index (κ1) is 58.3. The predicted octanol–water partition coefficient (Wildman–Crippen LogP) is 8.75. The van der Waals surface area contributed by atoms with Gasteiger partial charge in [0.15, 0.2) is 11.6 Å². The molecular formula is C48H72F9NO12. The summed E-state index contributed by atoms with van der Waals surface area (Å²) in [6.45, 7) is 15.3. The van der Waals surface area contributed by atoms with Gasteiger partial charge in [0.2, 0.25) is 5.91 Å². The van der Waals surface area contributed by atoms with E-state index >= 15 is 0 Å². The number of Topliss-reactive ketones (excluding diaryl/α,β-unsaturated/α-hetero) is 1. The van der Waals surface area contributed by atoms with Crippen LogP contribution in [0, 0.1) is 41.4 Å². The van der Waals surface area contributed by atoms with Gasteiger partial charge in [-0.05, 0) is 89.5 Å². The van der Waals surface area contributed by atoms with Crippen molar-refractivity contribution in [3.63, 3.8) is 0 Å². The first-order valence-corrected chi connectivity index (χ1v) is 24.5. The summed E-state index contributed by atoms with van der Waals surface area (Å²) in [4.78, 5) is 40.0. The Kier molecular flexibility index (Phi) is 17.5. The fraction of sp³-hybridized carbons (Fsp3) is 0.896. The van der Waals surface area contributed by atoms with Gasteiger partial charge in [0.1, 0.15) is 18.4 Å². The number of carbonyl (C=O) groups is 3. The third kappa shape index (κ3) is 10.8. The van der Waals surface area contributed by atoms with Crippen molar-refractivity contribution in [1.82, 2.24) is 5.32 Å². The Morgan fingerprint density at radius 3 is 1.94 bits per heavy atom. The van der Waals surface area contributed by atoms with E-state index < -0.39 is 138 Å².